The van der Waals surface area contributed by atoms with Crippen LogP contribution in [0.5, 0.6) is 5.75 Å². The maximum atomic E-state index is 12.7. The number of nitrogens with one attached hydrogen (secondary N) is 1. The van der Waals surface area contributed by atoms with Crippen LogP contribution in [0.4, 0.5) is 5.13 Å². The largest absolute Gasteiger partial charge is 0.491 e. The number of nitrogens with zero attached hydrogens (tertiary/aromatic N) is 2. The Balaban J connectivity index is 1.29. The molecule has 1 aromatic heterocycles. The van der Waals surface area contributed by atoms with Crippen LogP contribution in [-0.2, 0) is 11.3 Å². The summed E-state index contributed by atoms with van der Waals surface area (Å²) < 4.78 is 6.92. The number of hydrogen-bond donors (Lipinski definition) is 1. The summed E-state index contributed by atoms with van der Waals surface area (Å²) in [6.45, 7) is 10.6. The van der Waals surface area contributed by atoms with Crippen molar-refractivity contribution in [2.24, 2.45) is 5.92 Å². The molecule has 0 spiro atoms. The molecular weight excluding hydrogens is 406 g/mol. The fourth-order valence-corrected chi connectivity index (χ4v) is 5.31. The van der Waals surface area contributed by atoms with Crippen molar-refractivity contribution in [3.05, 3.63) is 53.1 Å². The molecule has 5 nitrogen and oxygen atoms in total. The maximum Gasteiger partial charge on any atom is 0.223 e. The van der Waals surface area contributed by atoms with E-state index in [9.17, 15) is 4.79 Å². The van der Waals surface area contributed by atoms with Crippen molar-refractivity contribution in [2.75, 3.05) is 18.0 Å². The number of aromatic nitrogens is 1. The van der Waals surface area contributed by atoms with Gasteiger partial charge in [0.15, 0.2) is 5.13 Å². The molecule has 2 heterocycles. The molecule has 1 saturated heterocycles. The highest BCUT2D eigenvalue weighted by atomic mass is 32.1. The molecule has 0 unspecified atom stereocenters. The molecule has 6 heteroatoms. The molecule has 1 fully saturated rings. The van der Waals surface area contributed by atoms with Crippen LogP contribution in [-0.4, -0.2) is 30.1 Å². The van der Waals surface area contributed by atoms with E-state index < -0.39 is 0 Å². The summed E-state index contributed by atoms with van der Waals surface area (Å²) in [6, 6.07) is 12.3. The number of benzene rings is 2. The molecule has 31 heavy (non-hydrogen) atoms. The number of amides is 1. The number of hydrogen-bond acceptors (Lipinski definition) is 5. The molecule has 0 saturated carbocycles. The van der Waals surface area contributed by atoms with Crippen LogP contribution in [0.25, 0.3) is 10.2 Å². The molecule has 0 aliphatic carbocycles. The van der Waals surface area contributed by atoms with Crippen LogP contribution < -0.4 is 15.0 Å². The third kappa shape index (κ3) is 5.18. The standard InChI is InChI=1S/C25H31N3O2S/c1-16(2)30-21-7-5-19(6-8-21)15-26-24(29)20-9-11-28(12-10-20)25-27-23-18(4)13-17(3)14-22(23)31-25/h5-8,13-14,16,20H,9-12,15H2,1-4H3,(H,26,29). The van der Waals surface area contributed by atoms with Gasteiger partial charge in [-0.15, -0.1) is 0 Å². The van der Waals surface area contributed by atoms with Gasteiger partial charge in [-0.3, -0.25) is 4.79 Å². The van der Waals surface area contributed by atoms with Crippen molar-refractivity contribution in [1.29, 1.82) is 0 Å². The van der Waals surface area contributed by atoms with Crippen LogP contribution in [0.1, 0.15) is 43.4 Å². The van der Waals surface area contributed by atoms with E-state index in [1.807, 2.05) is 38.1 Å². The van der Waals surface area contributed by atoms with Gasteiger partial charge in [-0.2, -0.15) is 0 Å². The lowest BCUT2D eigenvalue weighted by Crippen LogP contribution is -2.40. The first-order valence-electron chi connectivity index (χ1n) is 11.0. The number of ether oxygens (including phenoxy) is 1. The molecule has 2 aromatic carbocycles. The Kier molecular flexibility index (Phi) is 6.46. The van der Waals surface area contributed by atoms with Crippen molar-refractivity contribution >= 4 is 32.6 Å². The lowest BCUT2D eigenvalue weighted by Gasteiger charge is -2.31. The average molecular weight is 438 g/mol. The first-order chi connectivity index (χ1) is 14.9. The van der Waals surface area contributed by atoms with Gasteiger partial charge in [-0.05, 0) is 75.4 Å². The van der Waals surface area contributed by atoms with Gasteiger partial charge in [-0.1, -0.05) is 29.5 Å². The Bertz CT molecular complexity index is 1050. The van der Waals surface area contributed by atoms with Gasteiger partial charge >= 0.3 is 0 Å². The van der Waals surface area contributed by atoms with Crippen molar-refractivity contribution in [3.63, 3.8) is 0 Å². The Hall–Kier alpha value is -2.60. The summed E-state index contributed by atoms with van der Waals surface area (Å²) in [5.74, 6) is 1.08. The fraction of sp³-hybridized carbons (Fsp3) is 0.440. The van der Waals surface area contributed by atoms with Gasteiger partial charge in [0.2, 0.25) is 5.91 Å². The van der Waals surface area contributed by atoms with Gasteiger partial charge in [0, 0.05) is 25.6 Å². The summed E-state index contributed by atoms with van der Waals surface area (Å²) in [6.07, 6.45) is 1.88. The van der Waals surface area contributed by atoms with Crippen LogP contribution in [0.2, 0.25) is 0 Å². The first-order valence-corrected chi connectivity index (χ1v) is 11.9. The monoisotopic (exact) mass is 437 g/mol. The summed E-state index contributed by atoms with van der Waals surface area (Å²) in [4.78, 5) is 19.9. The van der Waals surface area contributed by atoms with E-state index in [1.54, 1.807) is 11.3 Å². The second-order valence-electron chi connectivity index (χ2n) is 8.71. The zero-order valence-electron chi connectivity index (χ0n) is 18.8. The maximum absolute atomic E-state index is 12.7. The Morgan fingerprint density at radius 1 is 1.19 bits per heavy atom. The van der Waals surface area contributed by atoms with Gasteiger partial charge in [0.05, 0.1) is 16.3 Å². The van der Waals surface area contributed by atoms with Gasteiger partial charge < -0.3 is 15.0 Å². The number of carbonyl (C=O) groups excluding carboxylic acids is 1. The van der Waals surface area contributed by atoms with Crippen LogP contribution in [0.3, 0.4) is 0 Å². The molecule has 164 valence electrons. The van der Waals surface area contributed by atoms with E-state index in [0.717, 1.165) is 47.9 Å². The predicted octanol–water partition coefficient (Wildman–Crippen LogP) is 5.23. The molecule has 1 aliphatic heterocycles. The van der Waals surface area contributed by atoms with Crippen LogP contribution in [0.15, 0.2) is 36.4 Å². The second-order valence-corrected chi connectivity index (χ2v) is 9.72. The minimum atomic E-state index is 0.0677. The lowest BCUT2D eigenvalue weighted by atomic mass is 9.96. The normalized spacial score (nSPS) is 14.9. The number of thiazole rings is 1. The Morgan fingerprint density at radius 2 is 1.90 bits per heavy atom. The van der Waals surface area contributed by atoms with E-state index in [2.05, 4.69) is 36.2 Å². The molecule has 1 amide bonds. The zero-order valence-corrected chi connectivity index (χ0v) is 19.6. The lowest BCUT2D eigenvalue weighted by molar-refractivity contribution is -0.125. The van der Waals surface area contributed by atoms with Crippen LogP contribution >= 0.6 is 11.3 Å². The highest BCUT2D eigenvalue weighted by molar-refractivity contribution is 7.22. The first kappa shape index (κ1) is 21.6. The van der Waals surface area contributed by atoms with E-state index >= 15 is 0 Å². The Labute approximate surface area is 188 Å². The second kappa shape index (κ2) is 9.27. The molecule has 1 N–H and O–H groups in total. The summed E-state index contributed by atoms with van der Waals surface area (Å²) in [5.41, 5.74) is 4.70. The highest BCUT2D eigenvalue weighted by Crippen LogP contribution is 2.33. The van der Waals surface area contributed by atoms with Crippen molar-refractivity contribution in [3.8, 4) is 5.75 Å². The predicted molar refractivity (Wildman–Crippen MR) is 128 cm³/mol. The minimum absolute atomic E-state index is 0.0677. The summed E-state index contributed by atoms with van der Waals surface area (Å²) in [5, 5.41) is 4.18. The number of anilines is 1. The molecular formula is C25H31N3O2S. The van der Waals surface area contributed by atoms with Crippen LogP contribution in [0, 0.1) is 19.8 Å². The fourth-order valence-electron chi connectivity index (χ4n) is 4.12. The molecule has 0 radical (unpaired) electrons. The van der Waals surface area contributed by atoms with E-state index in [0.29, 0.717) is 6.54 Å². The topological polar surface area (TPSA) is 54.5 Å². The number of fused-ring (bicyclic) bond motifs is 1. The SMILES string of the molecule is Cc1cc(C)c2nc(N3CCC(C(=O)NCc4ccc(OC(C)C)cc4)CC3)sc2c1. The molecule has 0 bridgehead atoms. The molecule has 1 aliphatic rings. The van der Waals surface area contributed by atoms with Crippen molar-refractivity contribution in [2.45, 2.75) is 53.2 Å². The molecule has 0 atom stereocenters. The van der Waals surface area contributed by atoms with E-state index in [-0.39, 0.29) is 17.9 Å². The van der Waals surface area contributed by atoms with E-state index in [1.165, 1.54) is 15.8 Å². The van der Waals surface area contributed by atoms with Crippen molar-refractivity contribution < 1.29 is 9.53 Å². The summed E-state index contributed by atoms with van der Waals surface area (Å²) >= 11 is 1.76. The summed E-state index contributed by atoms with van der Waals surface area (Å²) in [7, 11) is 0. The minimum Gasteiger partial charge on any atom is -0.491 e. The number of piperidine rings is 1. The van der Waals surface area contributed by atoms with Gasteiger partial charge in [-0.25, -0.2) is 4.98 Å². The average Bonchev–Trinajstić information content (AvgIpc) is 3.17. The third-order valence-electron chi connectivity index (χ3n) is 5.72. The number of rotatable bonds is 6. The molecule has 4 rings (SSSR count). The quantitative estimate of drug-likeness (QED) is 0.573. The van der Waals surface area contributed by atoms with Gasteiger partial charge in [0.1, 0.15) is 5.75 Å². The Morgan fingerprint density at radius 3 is 2.58 bits per heavy atom. The zero-order chi connectivity index (χ0) is 22.0. The smallest absolute Gasteiger partial charge is 0.223 e. The molecule has 3 aromatic rings. The number of carbonyl (C=O) groups is 1. The van der Waals surface area contributed by atoms with E-state index in [4.69, 9.17) is 9.72 Å². The van der Waals surface area contributed by atoms with Crippen molar-refractivity contribution in [1.82, 2.24) is 10.3 Å². The van der Waals surface area contributed by atoms with Gasteiger partial charge in [0.25, 0.3) is 0 Å². The third-order valence-corrected chi connectivity index (χ3v) is 6.78. The highest BCUT2D eigenvalue weighted by Gasteiger charge is 2.26. The number of aryl methyl sites for hydroxylation is 2.